The molecular weight excluding hydrogens is 248 g/mol. The number of amides is 1. The second kappa shape index (κ2) is 5.53. The van der Waals surface area contributed by atoms with Crippen molar-refractivity contribution in [2.24, 2.45) is 0 Å². The number of carbonyl (C=O) groups excluding carboxylic acids is 1. The van der Waals surface area contributed by atoms with Crippen LogP contribution >= 0.6 is 0 Å². The largest absolute Gasteiger partial charge is 0.349 e. The average molecular weight is 270 g/mol. The standard InChI is InChI=1S/C17H22N2O/c1-6-19-13(3)11-15(14(19)4)17(20)18(5)16-10-8-7-9-12(16)2/h7-11H,6H2,1-5H3. The van der Waals surface area contributed by atoms with E-state index in [0.717, 1.165) is 34.7 Å². The van der Waals surface area contributed by atoms with Crippen LogP contribution in [0.15, 0.2) is 30.3 Å². The van der Waals surface area contributed by atoms with Crippen molar-refractivity contribution in [2.45, 2.75) is 34.2 Å². The van der Waals surface area contributed by atoms with Crippen molar-refractivity contribution in [3.05, 3.63) is 52.8 Å². The summed E-state index contributed by atoms with van der Waals surface area (Å²) in [5.41, 5.74) is 5.02. The zero-order valence-corrected chi connectivity index (χ0v) is 12.9. The first-order valence-corrected chi connectivity index (χ1v) is 6.97. The van der Waals surface area contributed by atoms with Crippen LogP contribution < -0.4 is 4.90 Å². The fourth-order valence-corrected chi connectivity index (χ4v) is 2.73. The number of benzene rings is 1. The molecule has 0 bridgehead atoms. The van der Waals surface area contributed by atoms with Gasteiger partial charge in [0.05, 0.1) is 5.56 Å². The zero-order chi connectivity index (χ0) is 14.9. The van der Waals surface area contributed by atoms with Crippen LogP contribution in [0, 0.1) is 20.8 Å². The van der Waals surface area contributed by atoms with Gasteiger partial charge in [-0.2, -0.15) is 0 Å². The molecule has 0 N–H and O–H groups in total. The van der Waals surface area contributed by atoms with Crippen LogP contribution in [0.1, 0.15) is 34.2 Å². The van der Waals surface area contributed by atoms with Crippen molar-refractivity contribution in [3.63, 3.8) is 0 Å². The van der Waals surface area contributed by atoms with E-state index in [1.165, 1.54) is 0 Å². The Balaban J connectivity index is 2.39. The summed E-state index contributed by atoms with van der Waals surface area (Å²) in [4.78, 5) is 14.4. The summed E-state index contributed by atoms with van der Waals surface area (Å²) >= 11 is 0. The lowest BCUT2D eigenvalue weighted by Gasteiger charge is -2.19. The lowest BCUT2D eigenvalue weighted by Crippen LogP contribution is -2.27. The van der Waals surface area contributed by atoms with Gasteiger partial charge in [-0.15, -0.1) is 0 Å². The molecule has 1 amide bonds. The van der Waals surface area contributed by atoms with Crippen LogP contribution in [0.4, 0.5) is 5.69 Å². The van der Waals surface area contributed by atoms with E-state index in [1.807, 2.05) is 58.2 Å². The van der Waals surface area contributed by atoms with Crippen molar-refractivity contribution in [1.29, 1.82) is 0 Å². The maximum Gasteiger partial charge on any atom is 0.259 e. The molecular formula is C17H22N2O. The maximum atomic E-state index is 12.7. The van der Waals surface area contributed by atoms with Crippen LogP contribution in [0.5, 0.6) is 0 Å². The topological polar surface area (TPSA) is 25.2 Å². The van der Waals surface area contributed by atoms with Crippen LogP contribution in [0.25, 0.3) is 0 Å². The molecule has 0 saturated carbocycles. The Morgan fingerprint density at radius 3 is 2.40 bits per heavy atom. The SMILES string of the molecule is CCn1c(C)cc(C(=O)N(C)c2ccccc2C)c1C. The number of anilines is 1. The third kappa shape index (κ3) is 2.36. The number of aryl methyl sites for hydroxylation is 2. The molecule has 0 saturated heterocycles. The number of para-hydroxylation sites is 1. The van der Waals surface area contributed by atoms with Gasteiger partial charge in [0.1, 0.15) is 0 Å². The Hall–Kier alpha value is -2.03. The van der Waals surface area contributed by atoms with E-state index in [9.17, 15) is 4.79 Å². The number of hydrogen-bond donors (Lipinski definition) is 0. The first kappa shape index (κ1) is 14.4. The minimum Gasteiger partial charge on any atom is -0.349 e. The number of hydrogen-bond acceptors (Lipinski definition) is 1. The maximum absolute atomic E-state index is 12.7. The number of nitrogens with zero attached hydrogens (tertiary/aromatic N) is 2. The molecule has 2 aromatic rings. The summed E-state index contributed by atoms with van der Waals surface area (Å²) < 4.78 is 2.17. The summed E-state index contributed by atoms with van der Waals surface area (Å²) in [5.74, 6) is 0.0482. The molecule has 0 aliphatic carbocycles. The zero-order valence-electron chi connectivity index (χ0n) is 12.9. The number of carbonyl (C=O) groups is 1. The molecule has 1 aromatic heterocycles. The van der Waals surface area contributed by atoms with Gasteiger partial charge in [-0.05, 0) is 45.4 Å². The van der Waals surface area contributed by atoms with Crippen LogP contribution in [0.2, 0.25) is 0 Å². The molecule has 106 valence electrons. The van der Waals surface area contributed by atoms with Gasteiger partial charge >= 0.3 is 0 Å². The van der Waals surface area contributed by atoms with E-state index in [1.54, 1.807) is 4.90 Å². The van der Waals surface area contributed by atoms with Gasteiger partial charge in [0.15, 0.2) is 0 Å². The van der Waals surface area contributed by atoms with E-state index in [0.29, 0.717) is 0 Å². The fraction of sp³-hybridized carbons (Fsp3) is 0.353. The summed E-state index contributed by atoms with van der Waals surface area (Å²) in [7, 11) is 1.84. The highest BCUT2D eigenvalue weighted by Crippen LogP contribution is 2.22. The highest BCUT2D eigenvalue weighted by molar-refractivity contribution is 6.07. The molecule has 0 radical (unpaired) electrons. The first-order chi connectivity index (χ1) is 9.47. The Kier molecular flexibility index (Phi) is 3.98. The summed E-state index contributed by atoms with van der Waals surface area (Å²) in [6, 6.07) is 9.93. The van der Waals surface area contributed by atoms with Gasteiger partial charge in [0.2, 0.25) is 0 Å². The Labute approximate surface area is 120 Å². The second-order valence-electron chi connectivity index (χ2n) is 5.18. The first-order valence-electron chi connectivity index (χ1n) is 6.97. The molecule has 0 aliphatic heterocycles. The van der Waals surface area contributed by atoms with E-state index in [-0.39, 0.29) is 5.91 Å². The monoisotopic (exact) mass is 270 g/mol. The molecule has 0 spiro atoms. The summed E-state index contributed by atoms with van der Waals surface area (Å²) in [5, 5.41) is 0. The van der Waals surface area contributed by atoms with Crippen molar-refractivity contribution >= 4 is 11.6 Å². The van der Waals surface area contributed by atoms with Crippen LogP contribution in [-0.4, -0.2) is 17.5 Å². The Bertz CT molecular complexity index is 640. The van der Waals surface area contributed by atoms with Gasteiger partial charge in [-0.25, -0.2) is 0 Å². The molecule has 2 rings (SSSR count). The van der Waals surface area contributed by atoms with Crippen molar-refractivity contribution in [1.82, 2.24) is 4.57 Å². The molecule has 20 heavy (non-hydrogen) atoms. The van der Waals surface area contributed by atoms with Gasteiger partial charge < -0.3 is 9.47 Å². The molecule has 1 aromatic carbocycles. The number of rotatable bonds is 3. The molecule has 3 heteroatoms. The van der Waals surface area contributed by atoms with Crippen molar-refractivity contribution in [3.8, 4) is 0 Å². The van der Waals surface area contributed by atoms with E-state index < -0.39 is 0 Å². The fourth-order valence-electron chi connectivity index (χ4n) is 2.73. The molecule has 0 fully saturated rings. The van der Waals surface area contributed by atoms with Gasteiger partial charge in [-0.3, -0.25) is 4.79 Å². The van der Waals surface area contributed by atoms with Crippen LogP contribution in [0.3, 0.4) is 0 Å². The van der Waals surface area contributed by atoms with E-state index in [2.05, 4.69) is 11.5 Å². The minimum atomic E-state index is 0.0482. The molecule has 0 unspecified atom stereocenters. The van der Waals surface area contributed by atoms with Crippen molar-refractivity contribution in [2.75, 3.05) is 11.9 Å². The highest BCUT2D eigenvalue weighted by Gasteiger charge is 2.20. The molecule has 0 atom stereocenters. The second-order valence-corrected chi connectivity index (χ2v) is 5.18. The van der Waals surface area contributed by atoms with Crippen molar-refractivity contribution < 1.29 is 4.79 Å². The van der Waals surface area contributed by atoms with E-state index >= 15 is 0 Å². The predicted molar refractivity (Wildman–Crippen MR) is 83.5 cm³/mol. The van der Waals surface area contributed by atoms with Gasteiger partial charge in [0.25, 0.3) is 5.91 Å². The highest BCUT2D eigenvalue weighted by atomic mass is 16.2. The van der Waals surface area contributed by atoms with E-state index in [4.69, 9.17) is 0 Å². The lowest BCUT2D eigenvalue weighted by molar-refractivity contribution is 0.0992. The average Bonchev–Trinajstić information content (AvgIpc) is 2.72. The Morgan fingerprint density at radius 2 is 1.85 bits per heavy atom. The minimum absolute atomic E-state index is 0.0482. The predicted octanol–water partition coefficient (Wildman–Crippen LogP) is 3.71. The van der Waals surface area contributed by atoms with Crippen LogP contribution in [-0.2, 0) is 6.54 Å². The normalized spacial score (nSPS) is 10.7. The third-order valence-electron chi connectivity index (χ3n) is 3.90. The third-order valence-corrected chi connectivity index (χ3v) is 3.90. The lowest BCUT2D eigenvalue weighted by atomic mass is 10.1. The molecule has 3 nitrogen and oxygen atoms in total. The van der Waals surface area contributed by atoms with Gasteiger partial charge in [-0.1, -0.05) is 18.2 Å². The molecule has 0 aliphatic rings. The quantitative estimate of drug-likeness (QED) is 0.834. The number of aromatic nitrogens is 1. The smallest absolute Gasteiger partial charge is 0.259 e. The molecule has 1 heterocycles. The summed E-state index contributed by atoms with van der Waals surface area (Å²) in [6.45, 7) is 9.06. The summed E-state index contributed by atoms with van der Waals surface area (Å²) in [6.07, 6.45) is 0. The van der Waals surface area contributed by atoms with Gasteiger partial charge in [0, 0.05) is 30.7 Å². The Morgan fingerprint density at radius 1 is 1.20 bits per heavy atom.